The molecule has 10 heteroatoms. The zero-order valence-electron chi connectivity index (χ0n) is 11.2. The van der Waals surface area contributed by atoms with Gasteiger partial charge < -0.3 is 10.1 Å². The Labute approximate surface area is 119 Å². The van der Waals surface area contributed by atoms with Gasteiger partial charge in [-0.05, 0) is 19.8 Å². The van der Waals surface area contributed by atoms with Crippen LogP contribution in [0.1, 0.15) is 19.8 Å². The number of aliphatic carboxylic acids is 1. The van der Waals surface area contributed by atoms with Crippen LogP contribution in [0, 0.1) is 5.41 Å². The summed E-state index contributed by atoms with van der Waals surface area (Å²) in [4.78, 5) is 37.0. The van der Waals surface area contributed by atoms with Crippen LogP contribution in [-0.2, 0) is 14.8 Å². The van der Waals surface area contributed by atoms with Gasteiger partial charge in [-0.3, -0.25) is 14.6 Å². The van der Waals surface area contributed by atoms with Gasteiger partial charge in [0.25, 0.3) is 5.56 Å². The predicted molar refractivity (Wildman–Crippen MR) is 71.4 cm³/mol. The Morgan fingerprint density at radius 3 is 2.38 bits per heavy atom. The van der Waals surface area contributed by atoms with E-state index in [0.717, 1.165) is 10.5 Å². The van der Waals surface area contributed by atoms with E-state index >= 15 is 0 Å². The summed E-state index contributed by atoms with van der Waals surface area (Å²) in [5, 5.41) is 9.12. The van der Waals surface area contributed by atoms with Gasteiger partial charge in [-0.15, -0.1) is 0 Å². The van der Waals surface area contributed by atoms with Crippen molar-refractivity contribution >= 4 is 16.0 Å². The fraction of sp³-hybridized carbons (Fsp3) is 0.545. The molecule has 116 valence electrons. The summed E-state index contributed by atoms with van der Waals surface area (Å²) < 4.78 is 25.7. The topological polar surface area (TPSA) is 140 Å². The largest absolute Gasteiger partial charge is 0.481 e. The number of carbonyl (C=O) groups is 1. The number of H-pyrrole nitrogens is 2. The smallest absolute Gasteiger partial charge is 0.325 e. The second-order valence-corrected chi connectivity index (χ2v) is 7.11. The molecule has 0 aromatic carbocycles. The first-order chi connectivity index (χ1) is 9.67. The standard InChI is InChI=1S/C11H15N3O6S/c1-11(9(16)17)2-4-14(5-3-11)21(19,20)7-6-12-10(18)13-8(7)15/h6H,2-5H2,1H3,(H,16,17)(H2,12,13,15,18). The summed E-state index contributed by atoms with van der Waals surface area (Å²) >= 11 is 0. The van der Waals surface area contributed by atoms with Crippen molar-refractivity contribution in [3.05, 3.63) is 27.0 Å². The van der Waals surface area contributed by atoms with Gasteiger partial charge in [0.2, 0.25) is 10.0 Å². The lowest BCUT2D eigenvalue weighted by atomic mass is 9.81. The number of rotatable bonds is 3. The van der Waals surface area contributed by atoms with E-state index in [1.807, 2.05) is 4.98 Å². The van der Waals surface area contributed by atoms with E-state index in [0.29, 0.717) is 0 Å². The van der Waals surface area contributed by atoms with Gasteiger partial charge in [-0.2, -0.15) is 4.31 Å². The van der Waals surface area contributed by atoms with Crippen molar-refractivity contribution in [1.82, 2.24) is 14.3 Å². The summed E-state index contributed by atoms with van der Waals surface area (Å²) in [6.45, 7) is 1.57. The molecule has 0 unspecified atom stereocenters. The number of aromatic nitrogens is 2. The van der Waals surface area contributed by atoms with E-state index in [9.17, 15) is 22.8 Å². The van der Waals surface area contributed by atoms with Crippen LogP contribution >= 0.6 is 0 Å². The molecule has 0 atom stereocenters. The Kier molecular flexibility index (Phi) is 3.76. The molecule has 2 heterocycles. The summed E-state index contributed by atoms with van der Waals surface area (Å²) in [6.07, 6.45) is 1.16. The second kappa shape index (κ2) is 5.11. The number of hydrogen-bond acceptors (Lipinski definition) is 5. The maximum absolute atomic E-state index is 12.3. The van der Waals surface area contributed by atoms with Gasteiger partial charge in [0.1, 0.15) is 0 Å². The number of hydrogen-bond donors (Lipinski definition) is 3. The highest BCUT2D eigenvalue weighted by Gasteiger charge is 2.40. The molecule has 0 aliphatic carbocycles. The maximum Gasteiger partial charge on any atom is 0.325 e. The minimum atomic E-state index is -4.06. The fourth-order valence-electron chi connectivity index (χ4n) is 2.16. The Hall–Kier alpha value is -1.94. The average molecular weight is 317 g/mol. The van der Waals surface area contributed by atoms with Crippen LogP contribution in [0.25, 0.3) is 0 Å². The Balaban J connectivity index is 2.29. The van der Waals surface area contributed by atoms with Crippen LogP contribution < -0.4 is 11.2 Å². The normalized spacial score (nSPS) is 19.3. The van der Waals surface area contributed by atoms with Crippen LogP contribution in [0.3, 0.4) is 0 Å². The number of piperidine rings is 1. The quantitative estimate of drug-likeness (QED) is 0.649. The summed E-state index contributed by atoms with van der Waals surface area (Å²) in [7, 11) is -4.06. The summed E-state index contributed by atoms with van der Waals surface area (Å²) in [5.74, 6) is -0.971. The molecular formula is C11H15N3O6S. The molecule has 1 fully saturated rings. The second-order valence-electron chi connectivity index (χ2n) is 5.21. The lowest BCUT2D eigenvalue weighted by Crippen LogP contribution is -2.46. The highest BCUT2D eigenvalue weighted by molar-refractivity contribution is 7.89. The first-order valence-electron chi connectivity index (χ1n) is 6.22. The van der Waals surface area contributed by atoms with Crippen molar-refractivity contribution in [3.8, 4) is 0 Å². The molecule has 3 N–H and O–H groups in total. The van der Waals surface area contributed by atoms with Crippen molar-refractivity contribution < 1.29 is 18.3 Å². The van der Waals surface area contributed by atoms with E-state index in [2.05, 4.69) is 4.98 Å². The van der Waals surface area contributed by atoms with Crippen LogP contribution in [-0.4, -0.2) is 46.9 Å². The van der Waals surface area contributed by atoms with E-state index in [4.69, 9.17) is 5.11 Å². The van der Waals surface area contributed by atoms with Crippen molar-refractivity contribution in [2.24, 2.45) is 5.41 Å². The minimum absolute atomic E-state index is 0.00367. The number of sulfonamides is 1. The molecule has 2 rings (SSSR count). The third-order valence-corrected chi connectivity index (χ3v) is 5.65. The number of nitrogens with zero attached hydrogens (tertiary/aromatic N) is 1. The summed E-state index contributed by atoms with van der Waals surface area (Å²) in [6, 6.07) is 0. The van der Waals surface area contributed by atoms with Gasteiger partial charge in [0.05, 0.1) is 5.41 Å². The number of carboxylic acid groups (broad SMARTS) is 1. The van der Waals surface area contributed by atoms with Gasteiger partial charge >= 0.3 is 11.7 Å². The Morgan fingerprint density at radius 1 is 1.33 bits per heavy atom. The van der Waals surface area contributed by atoms with Crippen molar-refractivity contribution in [2.75, 3.05) is 13.1 Å². The highest BCUT2D eigenvalue weighted by atomic mass is 32.2. The molecule has 0 spiro atoms. The number of aromatic amines is 2. The molecule has 1 aromatic rings. The maximum atomic E-state index is 12.3. The van der Waals surface area contributed by atoms with Gasteiger partial charge in [0.15, 0.2) is 4.90 Å². The molecule has 21 heavy (non-hydrogen) atoms. The number of nitrogens with one attached hydrogen (secondary N) is 2. The van der Waals surface area contributed by atoms with E-state index in [-0.39, 0.29) is 25.9 Å². The molecule has 1 aromatic heterocycles. The lowest BCUT2D eigenvalue weighted by molar-refractivity contribution is -0.150. The van der Waals surface area contributed by atoms with Gasteiger partial charge in [-0.1, -0.05) is 0 Å². The molecule has 0 radical (unpaired) electrons. The van der Waals surface area contributed by atoms with Crippen molar-refractivity contribution in [3.63, 3.8) is 0 Å². The van der Waals surface area contributed by atoms with Gasteiger partial charge in [0, 0.05) is 19.3 Å². The van der Waals surface area contributed by atoms with Gasteiger partial charge in [-0.25, -0.2) is 13.2 Å². The number of carboxylic acids is 1. The molecule has 9 nitrogen and oxygen atoms in total. The lowest BCUT2D eigenvalue weighted by Gasteiger charge is -2.35. The summed E-state index contributed by atoms with van der Waals surface area (Å²) in [5.41, 5.74) is -2.76. The van der Waals surface area contributed by atoms with Crippen LogP contribution in [0.4, 0.5) is 0 Å². The van der Waals surface area contributed by atoms with E-state index < -0.39 is 37.6 Å². The van der Waals surface area contributed by atoms with E-state index in [1.165, 1.54) is 0 Å². The molecule has 0 amide bonds. The van der Waals surface area contributed by atoms with Crippen LogP contribution in [0.2, 0.25) is 0 Å². The average Bonchev–Trinajstić information content (AvgIpc) is 2.38. The predicted octanol–water partition coefficient (Wildman–Crippen LogP) is -1.06. The first kappa shape index (κ1) is 15.4. The Bertz CT molecular complexity index is 770. The zero-order chi connectivity index (χ0) is 15.8. The molecule has 1 aliphatic rings. The fourth-order valence-corrected chi connectivity index (χ4v) is 3.60. The first-order valence-corrected chi connectivity index (χ1v) is 7.66. The Morgan fingerprint density at radius 2 is 1.90 bits per heavy atom. The van der Waals surface area contributed by atoms with E-state index in [1.54, 1.807) is 6.92 Å². The zero-order valence-corrected chi connectivity index (χ0v) is 12.1. The minimum Gasteiger partial charge on any atom is -0.481 e. The molecule has 0 bridgehead atoms. The molecule has 0 saturated carbocycles. The van der Waals surface area contributed by atoms with Crippen LogP contribution in [0.5, 0.6) is 0 Å². The third-order valence-electron chi connectivity index (χ3n) is 3.75. The third kappa shape index (κ3) is 2.76. The van der Waals surface area contributed by atoms with Crippen LogP contribution in [0.15, 0.2) is 20.7 Å². The van der Waals surface area contributed by atoms with Crippen molar-refractivity contribution in [2.45, 2.75) is 24.7 Å². The molecule has 1 aliphatic heterocycles. The molecular weight excluding hydrogens is 302 g/mol. The monoisotopic (exact) mass is 317 g/mol. The highest BCUT2D eigenvalue weighted by Crippen LogP contribution is 2.32. The van der Waals surface area contributed by atoms with Crippen molar-refractivity contribution in [1.29, 1.82) is 0 Å². The molecule has 1 saturated heterocycles. The SMILES string of the molecule is CC1(C(=O)O)CCN(S(=O)(=O)c2c[nH]c(=O)[nH]c2=O)CC1.